The number of nitrogens with two attached hydrogens (primary N) is 1. The normalized spacial score (nSPS) is 16.8. The van der Waals surface area contributed by atoms with Gasteiger partial charge in [0.15, 0.2) is 0 Å². The first kappa shape index (κ1) is 13.2. The van der Waals surface area contributed by atoms with Crippen molar-refractivity contribution >= 4 is 5.91 Å². The van der Waals surface area contributed by atoms with Crippen LogP contribution in [0.1, 0.15) is 52.4 Å². The van der Waals surface area contributed by atoms with Crippen molar-refractivity contribution in [1.82, 2.24) is 5.32 Å². The molecule has 1 rings (SSSR count). The standard InChI is InChI=1S/C13H24N2O/c1-13(2,14)10-12(16)15-9-8-11-6-4-3-5-7-11/h6H,3-5,7-10,14H2,1-2H3,(H,15,16). The number of carbonyl (C=O) groups is 1. The molecule has 0 aromatic rings. The van der Waals surface area contributed by atoms with E-state index >= 15 is 0 Å². The maximum absolute atomic E-state index is 11.5. The van der Waals surface area contributed by atoms with E-state index in [2.05, 4.69) is 11.4 Å². The van der Waals surface area contributed by atoms with Crippen LogP contribution in [0.2, 0.25) is 0 Å². The Morgan fingerprint density at radius 1 is 1.50 bits per heavy atom. The molecule has 1 aliphatic rings. The Kier molecular flexibility index (Phi) is 5.00. The van der Waals surface area contributed by atoms with Crippen LogP contribution < -0.4 is 11.1 Å². The van der Waals surface area contributed by atoms with Crippen LogP contribution in [-0.4, -0.2) is 18.0 Å². The lowest BCUT2D eigenvalue weighted by Crippen LogP contribution is -2.39. The maximum atomic E-state index is 11.5. The highest BCUT2D eigenvalue weighted by molar-refractivity contribution is 5.77. The summed E-state index contributed by atoms with van der Waals surface area (Å²) in [4.78, 5) is 11.5. The first-order valence-electron chi connectivity index (χ1n) is 6.21. The van der Waals surface area contributed by atoms with Crippen LogP contribution in [-0.2, 0) is 4.79 Å². The Bertz CT molecular complexity index is 264. The number of nitrogens with one attached hydrogen (secondary N) is 1. The number of hydrogen-bond acceptors (Lipinski definition) is 2. The minimum atomic E-state index is -0.409. The zero-order valence-electron chi connectivity index (χ0n) is 10.5. The van der Waals surface area contributed by atoms with E-state index in [0.29, 0.717) is 6.42 Å². The van der Waals surface area contributed by atoms with Gasteiger partial charge >= 0.3 is 0 Å². The van der Waals surface area contributed by atoms with Gasteiger partial charge in [0.2, 0.25) is 5.91 Å². The number of hydrogen-bond donors (Lipinski definition) is 2. The molecule has 0 atom stereocenters. The van der Waals surface area contributed by atoms with E-state index in [4.69, 9.17) is 5.73 Å². The molecular weight excluding hydrogens is 200 g/mol. The minimum Gasteiger partial charge on any atom is -0.356 e. The second-order valence-corrected chi connectivity index (χ2v) is 5.37. The van der Waals surface area contributed by atoms with Crippen molar-refractivity contribution in [3.63, 3.8) is 0 Å². The predicted octanol–water partition coefficient (Wildman–Crippen LogP) is 2.12. The lowest BCUT2D eigenvalue weighted by Gasteiger charge is -2.18. The molecule has 0 radical (unpaired) electrons. The number of allylic oxidation sites excluding steroid dienone is 1. The molecule has 0 heterocycles. The fourth-order valence-corrected chi connectivity index (χ4v) is 1.97. The molecule has 1 aliphatic carbocycles. The molecule has 0 fully saturated rings. The summed E-state index contributed by atoms with van der Waals surface area (Å²) in [7, 11) is 0. The first-order chi connectivity index (χ1) is 7.47. The topological polar surface area (TPSA) is 55.1 Å². The third-order valence-electron chi connectivity index (χ3n) is 2.77. The summed E-state index contributed by atoms with van der Waals surface area (Å²) in [6.45, 7) is 4.49. The quantitative estimate of drug-likeness (QED) is 0.703. The summed E-state index contributed by atoms with van der Waals surface area (Å²) in [6, 6.07) is 0. The number of rotatable bonds is 5. The van der Waals surface area contributed by atoms with Gasteiger partial charge in [-0.05, 0) is 46.0 Å². The predicted molar refractivity (Wildman–Crippen MR) is 67.1 cm³/mol. The summed E-state index contributed by atoms with van der Waals surface area (Å²) in [5.74, 6) is 0.0592. The van der Waals surface area contributed by atoms with Crippen LogP contribution in [0.15, 0.2) is 11.6 Å². The average Bonchev–Trinajstić information content (AvgIpc) is 2.16. The van der Waals surface area contributed by atoms with E-state index in [9.17, 15) is 4.79 Å². The van der Waals surface area contributed by atoms with Crippen molar-refractivity contribution in [2.75, 3.05) is 6.54 Å². The van der Waals surface area contributed by atoms with E-state index < -0.39 is 5.54 Å². The Hall–Kier alpha value is -0.830. The van der Waals surface area contributed by atoms with Gasteiger partial charge in [-0.15, -0.1) is 0 Å². The lowest BCUT2D eigenvalue weighted by molar-refractivity contribution is -0.121. The van der Waals surface area contributed by atoms with Gasteiger partial charge in [0, 0.05) is 18.5 Å². The van der Waals surface area contributed by atoms with Gasteiger partial charge < -0.3 is 11.1 Å². The zero-order chi connectivity index (χ0) is 12.0. The summed E-state index contributed by atoms with van der Waals surface area (Å²) in [5.41, 5.74) is 6.87. The van der Waals surface area contributed by atoms with E-state index in [1.165, 1.54) is 31.3 Å². The summed E-state index contributed by atoms with van der Waals surface area (Å²) in [5, 5.41) is 2.93. The smallest absolute Gasteiger partial charge is 0.221 e. The molecule has 0 spiro atoms. The number of amides is 1. The van der Waals surface area contributed by atoms with Crippen molar-refractivity contribution in [3.05, 3.63) is 11.6 Å². The summed E-state index contributed by atoms with van der Waals surface area (Å²) in [6.07, 6.45) is 8.75. The van der Waals surface area contributed by atoms with Crippen molar-refractivity contribution in [2.24, 2.45) is 5.73 Å². The third-order valence-corrected chi connectivity index (χ3v) is 2.77. The van der Waals surface area contributed by atoms with Gasteiger partial charge in [-0.25, -0.2) is 0 Å². The molecule has 0 bridgehead atoms. The van der Waals surface area contributed by atoms with Crippen LogP contribution in [0.3, 0.4) is 0 Å². The van der Waals surface area contributed by atoms with E-state index in [-0.39, 0.29) is 5.91 Å². The molecule has 0 saturated heterocycles. The van der Waals surface area contributed by atoms with Crippen LogP contribution >= 0.6 is 0 Å². The zero-order valence-corrected chi connectivity index (χ0v) is 10.5. The molecule has 0 aromatic carbocycles. The summed E-state index contributed by atoms with van der Waals surface area (Å²) < 4.78 is 0. The fourth-order valence-electron chi connectivity index (χ4n) is 1.97. The van der Waals surface area contributed by atoms with Crippen molar-refractivity contribution in [2.45, 2.75) is 57.9 Å². The molecule has 92 valence electrons. The van der Waals surface area contributed by atoms with Crippen LogP contribution in [0.25, 0.3) is 0 Å². The molecule has 16 heavy (non-hydrogen) atoms. The molecule has 3 nitrogen and oxygen atoms in total. The SMILES string of the molecule is CC(C)(N)CC(=O)NCCC1=CCCCC1. The van der Waals surface area contributed by atoms with E-state index in [1.807, 2.05) is 13.8 Å². The molecule has 0 aliphatic heterocycles. The van der Waals surface area contributed by atoms with E-state index in [1.54, 1.807) is 0 Å². The van der Waals surface area contributed by atoms with Crippen molar-refractivity contribution < 1.29 is 4.79 Å². The Balaban J connectivity index is 2.15. The second-order valence-electron chi connectivity index (χ2n) is 5.37. The van der Waals surface area contributed by atoms with Crippen LogP contribution in [0.5, 0.6) is 0 Å². The Labute approximate surface area is 98.5 Å². The molecule has 0 saturated carbocycles. The highest BCUT2D eigenvalue weighted by Crippen LogP contribution is 2.19. The Morgan fingerprint density at radius 2 is 2.25 bits per heavy atom. The minimum absolute atomic E-state index is 0.0592. The maximum Gasteiger partial charge on any atom is 0.221 e. The molecular formula is C13H24N2O. The largest absolute Gasteiger partial charge is 0.356 e. The second kappa shape index (κ2) is 6.04. The lowest BCUT2D eigenvalue weighted by atomic mass is 9.97. The highest BCUT2D eigenvalue weighted by Gasteiger charge is 2.15. The fraction of sp³-hybridized carbons (Fsp3) is 0.769. The van der Waals surface area contributed by atoms with Crippen molar-refractivity contribution in [1.29, 1.82) is 0 Å². The van der Waals surface area contributed by atoms with Gasteiger partial charge in [-0.3, -0.25) is 4.79 Å². The van der Waals surface area contributed by atoms with Crippen LogP contribution in [0, 0.1) is 0 Å². The van der Waals surface area contributed by atoms with Gasteiger partial charge in [0.25, 0.3) is 0 Å². The molecule has 1 amide bonds. The van der Waals surface area contributed by atoms with E-state index in [0.717, 1.165) is 13.0 Å². The average molecular weight is 224 g/mol. The van der Waals surface area contributed by atoms with Gasteiger partial charge in [0.1, 0.15) is 0 Å². The molecule has 3 heteroatoms. The molecule has 0 aromatic heterocycles. The molecule has 0 unspecified atom stereocenters. The van der Waals surface area contributed by atoms with Gasteiger partial charge in [-0.2, -0.15) is 0 Å². The van der Waals surface area contributed by atoms with Crippen molar-refractivity contribution in [3.8, 4) is 0 Å². The highest BCUT2D eigenvalue weighted by atomic mass is 16.1. The monoisotopic (exact) mass is 224 g/mol. The third kappa shape index (κ3) is 5.91. The van der Waals surface area contributed by atoms with Gasteiger partial charge in [0.05, 0.1) is 0 Å². The molecule has 3 N–H and O–H groups in total. The summed E-state index contributed by atoms with van der Waals surface area (Å²) >= 11 is 0. The van der Waals surface area contributed by atoms with Gasteiger partial charge in [-0.1, -0.05) is 11.6 Å². The Morgan fingerprint density at radius 3 is 2.81 bits per heavy atom. The van der Waals surface area contributed by atoms with Crippen LogP contribution in [0.4, 0.5) is 0 Å². The number of carbonyl (C=O) groups excluding carboxylic acids is 1. The first-order valence-corrected chi connectivity index (χ1v) is 6.21.